The molecule has 0 bridgehead atoms. The van der Waals surface area contributed by atoms with E-state index in [1.807, 2.05) is 0 Å². The largest absolute Gasteiger partial charge is 0.367 e. The molecule has 1 rings (SSSR count). The third-order valence-corrected chi connectivity index (χ3v) is 1.94. The van der Waals surface area contributed by atoms with Gasteiger partial charge in [-0.3, -0.25) is 30.8 Å². The van der Waals surface area contributed by atoms with Crippen molar-refractivity contribution in [3.05, 3.63) is 44.0 Å². The molecule has 0 aliphatic carbocycles. The first-order chi connectivity index (χ1) is 8.82. The summed E-state index contributed by atoms with van der Waals surface area (Å²) in [5.41, 5.74) is 3.79. The zero-order valence-corrected chi connectivity index (χ0v) is 10.5. The lowest BCUT2D eigenvalue weighted by Gasteiger charge is -2.05. The van der Waals surface area contributed by atoms with E-state index in [0.29, 0.717) is 0 Å². The second-order valence-electron chi connectivity index (χ2n) is 3.18. The number of hydrogen-bond donors (Lipinski definition) is 3. The number of nitrogens with two attached hydrogens (primary N) is 1. The zero-order chi connectivity index (χ0) is 14.6. The van der Waals surface area contributed by atoms with Crippen LogP contribution < -0.4 is 5.73 Å². The fourth-order valence-electron chi connectivity index (χ4n) is 1.09. The molecule has 0 saturated carbocycles. The molecule has 11 nitrogen and oxygen atoms in total. The quantitative estimate of drug-likeness (QED) is 0.320. The van der Waals surface area contributed by atoms with E-state index in [1.54, 1.807) is 0 Å². The second-order valence-corrected chi connectivity index (χ2v) is 3.18. The number of rotatable bonds is 4. The highest BCUT2D eigenvalue weighted by molar-refractivity contribution is 5.87. The predicted octanol–water partition coefficient (Wildman–Crippen LogP) is 0.843. The van der Waals surface area contributed by atoms with Gasteiger partial charge in [0.25, 0.3) is 11.4 Å². The Morgan fingerprint density at radius 1 is 1.40 bits per heavy atom. The van der Waals surface area contributed by atoms with Gasteiger partial charge in [-0.05, 0) is 6.07 Å². The Kier molecular flexibility index (Phi) is 5.99. The maximum Gasteiger partial charge on any atom is 0.285 e. The number of hydrazone groups is 1. The van der Waals surface area contributed by atoms with Crippen molar-refractivity contribution in [3.63, 3.8) is 0 Å². The lowest BCUT2D eigenvalue weighted by molar-refractivity contribution is -0.394. The summed E-state index contributed by atoms with van der Waals surface area (Å²) < 4.78 is 0. The molecule has 0 unspecified atom stereocenters. The van der Waals surface area contributed by atoms with Gasteiger partial charge in [0.2, 0.25) is 5.96 Å². The minimum absolute atomic E-state index is 0. The average Bonchev–Trinajstić information content (AvgIpc) is 2.35. The summed E-state index contributed by atoms with van der Waals surface area (Å²) in [6, 6.07) is 2.90. The van der Waals surface area contributed by atoms with E-state index in [9.17, 15) is 20.2 Å². The SMILES string of the molecule is Cl.N=C(N)N(O)N=Cc1ccc([N+](=O)[O-])cc1[N+](=O)[O-]. The van der Waals surface area contributed by atoms with Crippen molar-refractivity contribution in [2.75, 3.05) is 0 Å². The fourth-order valence-corrected chi connectivity index (χ4v) is 1.09. The van der Waals surface area contributed by atoms with Gasteiger partial charge in [0.05, 0.1) is 27.7 Å². The molecule has 12 heteroatoms. The Balaban J connectivity index is 0.00000361. The van der Waals surface area contributed by atoms with E-state index in [2.05, 4.69) is 5.10 Å². The summed E-state index contributed by atoms with van der Waals surface area (Å²) in [5, 5.41) is 40.3. The first-order valence-electron chi connectivity index (χ1n) is 4.62. The van der Waals surface area contributed by atoms with E-state index in [1.165, 1.54) is 0 Å². The lowest BCUT2D eigenvalue weighted by Crippen LogP contribution is -2.28. The van der Waals surface area contributed by atoms with Gasteiger partial charge in [0.15, 0.2) is 0 Å². The number of nitrogens with one attached hydrogen (secondary N) is 1. The van der Waals surface area contributed by atoms with E-state index < -0.39 is 27.2 Å². The Morgan fingerprint density at radius 3 is 2.45 bits per heavy atom. The van der Waals surface area contributed by atoms with Crippen LogP contribution in [0.4, 0.5) is 11.4 Å². The number of guanidine groups is 1. The van der Waals surface area contributed by atoms with Gasteiger partial charge in [-0.15, -0.1) is 17.6 Å². The van der Waals surface area contributed by atoms with Crippen molar-refractivity contribution in [1.82, 2.24) is 5.17 Å². The molecule has 1 aromatic carbocycles. The molecule has 0 fully saturated rings. The minimum Gasteiger partial charge on any atom is -0.367 e. The normalized spacial score (nSPS) is 9.85. The molecule has 0 radical (unpaired) electrons. The number of hydroxylamine groups is 1. The van der Waals surface area contributed by atoms with Gasteiger partial charge in [-0.2, -0.15) is 5.10 Å². The number of nitrogens with zero attached hydrogens (tertiary/aromatic N) is 4. The molecular weight excluding hydrogens is 296 g/mol. The predicted molar refractivity (Wildman–Crippen MR) is 70.1 cm³/mol. The van der Waals surface area contributed by atoms with Gasteiger partial charge in [0, 0.05) is 6.07 Å². The van der Waals surface area contributed by atoms with Gasteiger partial charge >= 0.3 is 0 Å². The van der Waals surface area contributed by atoms with E-state index in [4.69, 9.17) is 16.4 Å². The van der Waals surface area contributed by atoms with Crippen LogP contribution in [0.3, 0.4) is 0 Å². The second kappa shape index (κ2) is 6.96. The first kappa shape index (κ1) is 17.2. The van der Waals surface area contributed by atoms with Gasteiger partial charge in [0.1, 0.15) is 0 Å². The summed E-state index contributed by atoms with van der Waals surface area (Å²) in [5.74, 6) is -0.791. The van der Waals surface area contributed by atoms with Crippen molar-refractivity contribution >= 4 is 36.0 Å². The Morgan fingerprint density at radius 2 is 2.00 bits per heavy atom. The molecule has 0 aliphatic rings. The smallest absolute Gasteiger partial charge is 0.285 e. The molecule has 0 amide bonds. The molecular formula is C8H9ClN6O5. The first-order valence-corrected chi connectivity index (χ1v) is 4.62. The van der Waals surface area contributed by atoms with E-state index in [-0.39, 0.29) is 23.1 Å². The summed E-state index contributed by atoms with van der Waals surface area (Å²) in [6.07, 6.45) is 0.850. The zero-order valence-electron chi connectivity index (χ0n) is 9.66. The molecule has 0 spiro atoms. The van der Waals surface area contributed by atoms with Crippen LogP contribution in [-0.4, -0.2) is 32.4 Å². The summed E-state index contributed by atoms with van der Waals surface area (Å²) in [6.45, 7) is 0. The maximum atomic E-state index is 10.8. The summed E-state index contributed by atoms with van der Waals surface area (Å²) in [7, 11) is 0. The minimum atomic E-state index is -0.830. The van der Waals surface area contributed by atoms with Crippen molar-refractivity contribution in [2.45, 2.75) is 0 Å². The summed E-state index contributed by atoms with van der Waals surface area (Å²) in [4.78, 5) is 19.6. The van der Waals surface area contributed by atoms with Gasteiger partial charge < -0.3 is 5.73 Å². The average molecular weight is 305 g/mol. The Bertz CT molecular complexity index is 576. The van der Waals surface area contributed by atoms with Crippen molar-refractivity contribution < 1.29 is 15.1 Å². The maximum absolute atomic E-state index is 10.8. The van der Waals surface area contributed by atoms with Crippen LogP contribution in [0, 0.1) is 25.6 Å². The standard InChI is InChI=1S/C8H8N6O5.ClH/c9-8(10)12(15)11-4-5-1-2-6(13(16)17)3-7(5)14(18)19;/h1-4,15H,(H3,9,10);1H. The number of hydrogen-bond acceptors (Lipinski definition) is 7. The van der Waals surface area contributed by atoms with Crippen LogP contribution >= 0.6 is 12.4 Å². The van der Waals surface area contributed by atoms with E-state index >= 15 is 0 Å². The third kappa shape index (κ3) is 4.15. The molecule has 0 aromatic heterocycles. The van der Waals surface area contributed by atoms with Crippen LogP contribution in [0.1, 0.15) is 5.56 Å². The van der Waals surface area contributed by atoms with Crippen LogP contribution in [0.15, 0.2) is 23.3 Å². The number of nitro benzene ring substituents is 2. The molecule has 0 aliphatic heterocycles. The molecule has 108 valence electrons. The molecule has 0 atom stereocenters. The monoisotopic (exact) mass is 304 g/mol. The highest BCUT2D eigenvalue weighted by Gasteiger charge is 2.18. The number of benzene rings is 1. The number of non-ortho nitro benzene ring substituents is 1. The molecule has 1 aromatic rings. The number of halogens is 1. The van der Waals surface area contributed by atoms with E-state index in [0.717, 1.165) is 24.4 Å². The fraction of sp³-hybridized carbons (Fsp3) is 0. The molecule has 0 heterocycles. The molecule has 20 heavy (non-hydrogen) atoms. The third-order valence-electron chi connectivity index (χ3n) is 1.94. The highest BCUT2D eigenvalue weighted by atomic mass is 35.5. The molecule has 0 saturated heterocycles. The van der Waals surface area contributed by atoms with Crippen LogP contribution in [0.2, 0.25) is 0 Å². The highest BCUT2D eigenvalue weighted by Crippen LogP contribution is 2.23. The van der Waals surface area contributed by atoms with Gasteiger partial charge in [-0.1, -0.05) is 0 Å². The van der Waals surface area contributed by atoms with Crippen molar-refractivity contribution in [1.29, 1.82) is 5.41 Å². The van der Waals surface area contributed by atoms with Gasteiger partial charge in [-0.25, -0.2) is 0 Å². The number of nitro groups is 2. The lowest BCUT2D eigenvalue weighted by atomic mass is 10.2. The van der Waals surface area contributed by atoms with Crippen LogP contribution in [0.5, 0.6) is 0 Å². The van der Waals surface area contributed by atoms with Crippen molar-refractivity contribution in [3.8, 4) is 0 Å². The summed E-state index contributed by atoms with van der Waals surface area (Å²) >= 11 is 0. The topological polar surface area (TPSA) is 172 Å². The Labute approximate surface area is 117 Å². The van der Waals surface area contributed by atoms with Crippen molar-refractivity contribution in [2.24, 2.45) is 10.8 Å². The Hall–Kier alpha value is -2.79. The molecule has 4 N–H and O–H groups in total. The van der Waals surface area contributed by atoms with Crippen LogP contribution in [-0.2, 0) is 0 Å². The van der Waals surface area contributed by atoms with Crippen LogP contribution in [0.25, 0.3) is 0 Å².